The summed E-state index contributed by atoms with van der Waals surface area (Å²) in [4.78, 5) is 17.3. The minimum atomic E-state index is -4.66. The van der Waals surface area contributed by atoms with Crippen LogP contribution in [0.3, 0.4) is 0 Å². The summed E-state index contributed by atoms with van der Waals surface area (Å²) in [6, 6.07) is 8.72. The van der Waals surface area contributed by atoms with Crippen molar-refractivity contribution in [3.8, 4) is 11.5 Å². The predicted octanol–water partition coefficient (Wildman–Crippen LogP) is 6.70. The first-order valence-corrected chi connectivity index (χ1v) is 11.0. The minimum Gasteiger partial charge on any atom is -0.456 e. The highest BCUT2D eigenvalue weighted by Gasteiger charge is 2.40. The number of rotatable bonds is 6. The molecule has 0 radical (unpaired) electrons. The highest BCUT2D eigenvalue weighted by atomic mass is 19.4. The van der Waals surface area contributed by atoms with E-state index in [0.717, 1.165) is 6.07 Å². The second kappa shape index (κ2) is 8.96. The van der Waals surface area contributed by atoms with Gasteiger partial charge in [0.15, 0.2) is 0 Å². The lowest BCUT2D eigenvalue weighted by Crippen LogP contribution is -2.19. The van der Waals surface area contributed by atoms with Gasteiger partial charge in [0.05, 0.1) is 16.8 Å². The van der Waals surface area contributed by atoms with Crippen molar-refractivity contribution in [3.63, 3.8) is 0 Å². The van der Waals surface area contributed by atoms with Crippen LogP contribution >= 0.6 is 0 Å². The van der Waals surface area contributed by atoms with Crippen molar-refractivity contribution in [2.24, 2.45) is 0 Å². The van der Waals surface area contributed by atoms with Crippen molar-refractivity contribution in [3.05, 3.63) is 82.4 Å². The van der Waals surface area contributed by atoms with Crippen molar-refractivity contribution in [2.45, 2.75) is 51.3 Å². The first-order valence-electron chi connectivity index (χ1n) is 11.0. The maximum Gasteiger partial charge on any atom is 0.416 e. The second-order valence-electron chi connectivity index (χ2n) is 9.16. The zero-order valence-corrected chi connectivity index (χ0v) is 19.3. The van der Waals surface area contributed by atoms with Crippen LogP contribution in [-0.4, -0.2) is 16.0 Å². The fraction of sp³-hybridized carbons (Fsp3) is 0.308. The molecule has 0 spiro atoms. The number of anilines is 1. The third-order valence-electron chi connectivity index (χ3n) is 5.72. The highest BCUT2D eigenvalue weighted by molar-refractivity contribution is 6.06. The maximum absolute atomic E-state index is 13.9. The molecule has 0 bridgehead atoms. The van der Waals surface area contributed by atoms with Crippen molar-refractivity contribution >= 4 is 11.6 Å². The number of alkyl halides is 3. The lowest BCUT2D eigenvalue weighted by atomic mass is 9.98. The second-order valence-corrected chi connectivity index (χ2v) is 9.16. The highest BCUT2D eigenvalue weighted by Crippen LogP contribution is 2.48. The molecule has 1 amide bonds. The lowest BCUT2D eigenvalue weighted by Gasteiger charge is -2.20. The molecule has 1 aromatic heterocycles. The average Bonchev–Trinajstić information content (AvgIpc) is 3.59. The van der Waals surface area contributed by atoms with Gasteiger partial charge in [-0.25, -0.2) is 4.39 Å². The standard InChI is InChI=1S/C26H24F4N2O3/c1-14-10-16(27)6-7-21(14)35-22-13-18(15-4-5-15)20(26(28,29)30)12-19(22)24(33)32-17-8-9-31-23(11-17)25(2,3)34/h6-13,15,34H,4-5H2,1-3H3,(H,31,32,33). The molecule has 0 atom stereocenters. The van der Waals surface area contributed by atoms with E-state index in [1.807, 2.05) is 0 Å². The van der Waals surface area contributed by atoms with Crippen LogP contribution in [0.15, 0.2) is 48.7 Å². The molecule has 2 N–H and O–H groups in total. The molecule has 0 saturated heterocycles. The SMILES string of the molecule is Cc1cc(F)ccc1Oc1cc(C2CC2)c(C(F)(F)F)cc1C(=O)Nc1ccnc(C(C)(C)O)c1. The summed E-state index contributed by atoms with van der Waals surface area (Å²) in [7, 11) is 0. The molecule has 184 valence electrons. The van der Waals surface area contributed by atoms with Crippen molar-refractivity contribution in [1.29, 1.82) is 0 Å². The molecule has 1 fully saturated rings. The molecule has 3 aromatic rings. The van der Waals surface area contributed by atoms with E-state index in [2.05, 4.69) is 10.3 Å². The monoisotopic (exact) mass is 488 g/mol. The van der Waals surface area contributed by atoms with Gasteiger partial charge in [-0.3, -0.25) is 9.78 Å². The third-order valence-corrected chi connectivity index (χ3v) is 5.72. The third kappa shape index (κ3) is 5.62. The van der Waals surface area contributed by atoms with E-state index in [0.29, 0.717) is 18.4 Å². The molecule has 0 unspecified atom stereocenters. The number of hydrogen-bond acceptors (Lipinski definition) is 4. The molecule has 2 aromatic carbocycles. The summed E-state index contributed by atoms with van der Waals surface area (Å²) in [6.07, 6.45) is -2.07. The lowest BCUT2D eigenvalue weighted by molar-refractivity contribution is -0.138. The van der Waals surface area contributed by atoms with Crippen molar-refractivity contribution in [2.75, 3.05) is 5.32 Å². The molecule has 35 heavy (non-hydrogen) atoms. The van der Waals surface area contributed by atoms with Crippen LogP contribution in [0.2, 0.25) is 0 Å². The molecule has 1 heterocycles. The van der Waals surface area contributed by atoms with E-state index in [1.54, 1.807) is 6.92 Å². The van der Waals surface area contributed by atoms with Gasteiger partial charge in [-0.2, -0.15) is 13.2 Å². The maximum atomic E-state index is 13.9. The quantitative estimate of drug-likeness (QED) is 0.379. The minimum absolute atomic E-state index is 0.0659. The fourth-order valence-corrected chi connectivity index (χ4v) is 3.72. The number of carbonyl (C=O) groups excluding carboxylic acids is 1. The van der Waals surface area contributed by atoms with Crippen molar-refractivity contribution in [1.82, 2.24) is 4.98 Å². The van der Waals surface area contributed by atoms with Gasteiger partial charge in [0.25, 0.3) is 5.91 Å². The molecule has 1 aliphatic carbocycles. The predicted molar refractivity (Wildman–Crippen MR) is 122 cm³/mol. The van der Waals surface area contributed by atoms with E-state index in [9.17, 15) is 27.5 Å². The fourth-order valence-electron chi connectivity index (χ4n) is 3.72. The smallest absolute Gasteiger partial charge is 0.416 e. The summed E-state index contributed by atoms with van der Waals surface area (Å²) < 4.78 is 61.1. The summed E-state index contributed by atoms with van der Waals surface area (Å²) in [5.74, 6) is -1.44. The zero-order chi connectivity index (χ0) is 25.5. The number of aryl methyl sites for hydroxylation is 1. The Bertz CT molecular complexity index is 1280. The number of halogens is 4. The largest absolute Gasteiger partial charge is 0.456 e. The normalized spacial score (nSPS) is 14.1. The Labute approximate surface area is 199 Å². The Balaban J connectivity index is 1.78. The van der Waals surface area contributed by atoms with Crippen LogP contribution in [-0.2, 0) is 11.8 Å². The number of carbonyl (C=O) groups is 1. The molecule has 0 aliphatic heterocycles. The molecule has 1 aliphatic rings. The average molecular weight is 488 g/mol. The molecule has 1 saturated carbocycles. The molecule has 4 rings (SSSR count). The summed E-state index contributed by atoms with van der Waals surface area (Å²) in [5.41, 5.74) is -1.50. The Morgan fingerprint density at radius 3 is 2.40 bits per heavy atom. The van der Waals surface area contributed by atoms with E-state index >= 15 is 0 Å². The topological polar surface area (TPSA) is 71.5 Å². The Morgan fingerprint density at radius 2 is 1.80 bits per heavy atom. The molecular formula is C26H24F4N2O3. The number of benzene rings is 2. The van der Waals surface area contributed by atoms with Gasteiger partial charge in [0.1, 0.15) is 22.9 Å². The van der Waals surface area contributed by atoms with Gasteiger partial charge in [-0.1, -0.05) is 0 Å². The van der Waals surface area contributed by atoms with Crippen LogP contribution in [0.1, 0.15) is 65.3 Å². The van der Waals surface area contributed by atoms with Gasteiger partial charge < -0.3 is 15.2 Å². The van der Waals surface area contributed by atoms with E-state index in [4.69, 9.17) is 4.74 Å². The first-order chi connectivity index (χ1) is 16.3. The number of pyridine rings is 1. The number of amides is 1. The summed E-state index contributed by atoms with van der Waals surface area (Å²) >= 11 is 0. The van der Waals surface area contributed by atoms with Gasteiger partial charge in [0, 0.05) is 11.9 Å². The number of aromatic nitrogens is 1. The Morgan fingerprint density at radius 1 is 1.09 bits per heavy atom. The van der Waals surface area contributed by atoms with Gasteiger partial charge in [-0.05, 0) is 93.1 Å². The van der Waals surface area contributed by atoms with Crippen LogP contribution in [0.25, 0.3) is 0 Å². The van der Waals surface area contributed by atoms with Crippen LogP contribution in [0.5, 0.6) is 11.5 Å². The molecular weight excluding hydrogens is 464 g/mol. The van der Waals surface area contributed by atoms with E-state index < -0.39 is 29.1 Å². The Hall–Kier alpha value is -3.46. The van der Waals surface area contributed by atoms with E-state index in [-0.39, 0.29) is 39.9 Å². The molecule has 5 nitrogen and oxygen atoms in total. The Kier molecular flexibility index (Phi) is 6.31. The van der Waals surface area contributed by atoms with Gasteiger partial charge in [-0.15, -0.1) is 0 Å². The summed E-state index contributed by atoms with van der Waals surface area (Å²) in [5, 5.41) is 12.8. The van der Waals surface area contributed by atoms with Gasteiger partial charge >= 0.3 is 6.18 Å². The zero-order valence-electron chi connectivity index (χ0n) is 19.3. The summed E-state index contributed by atoms with van der Waals surface area (Å²) in [6.45, 7) is 4.63. The number of hydrogen-bond donors (Lipinski definition) is 2. The number of nitrogens with zero attached hydrogens (tertiary/aromatic N) is 1. The van der Waals surface area contributed by atoms with Crippen molar-refractivity contribution < 1.29 is 32.2 Å². The molecule has 9 heteroatoms. The van der Waals surface area contributed by atoms with Crippen LogP contribution in [0.4, 0.5) is 23.2 Å². The number of ether oxygens (including phenoxy) is 1. The first kappa shape index (κ1) is 24.7. The number of nitrogens with one attached hydrogen (secondary N) is 1. The van der Waals surface area contributed by atoms with Gasteiger partial charge in [0.2, 0.25) is 0 Å². The van der Waals surface area contributed by atoms with E-state index in [1.165, 1.54) is 56.4 Å². The van der Waals surface area contributed by atoms with Crippen LogP contribution in [0, 0.1) is 12.7 Å². The van der Waals surface area contributed by atoms with Crippen LogP contribution < -0.4 is 10.1 Å². The number of aliphatic hydroxyl groups is 1.